The van der Waals surface area contributed by atoms with Crippen molar-refractivity contribution < 1.29 is 19.2 Å². The summed E-state index contributed by atoms with van der Waals surface area (Å²) in [6, 6.07) is -0.744. The highest BCUT2D eigenvalue weighted by atomic mass is 16.2. The molecule has 0 spiro atoms. The molecule has 2 N–H and O–H groups in total. The van der Waals surface area contributed by atoms with Crippen molar-refractivity contribution in [3.8, 4) is 0 Å². The normalized spacial score (nSPS) is 19.4. The first-order valence-corrected chi connectivity index (χ1v) is 6.44. The Kier molecular flexibility index (Phi) is 5.47. The lowest BCUT2D eigenvalue weighted by atomic mass is 9.99. The van der Waals surface area contributed by atoms with Crippen molar-refractivity contribution in [3.63, 3.8) is 0 Å². The number of imide groups is 2. The van der Waals surface area contributed by atoms with Gasteiger partial charge in [-0.15, -0.1) is 0 Å². The number of hydrogen-bond acceptors (Lipinski definition) is 4. The number of barbiturate groups is 1. The second-order valence-electron chi connectivity index (χ2n) is 4.33. The van der Waals surface area contributed by atoms with E-state index < -0.39 is 23.8 Å². The van der Waals surface area contributed by atoms with E-state index in [4.69, 9.17) is 0 Å². The van der Waals surface area contributed by atoms with Crippen molar-refractivity contribution >= 4 is 23.8 Å². The van der Waals surface area contributed by atoms with E-state index in [0.29, 0.717) is 19.4 Å². The van der Waals surface area contributed by atoms with Crippen LogP contribution in [0.3, 0.4) is 0 Å². The molecule has 19 heavy (non-hydrogen) atoms. The first-order chi connectivity index (χ1) is 9.01. The lowest BCUT2D eigenvalue weighted by Crippen LogP contribution is -2.58. The zero-order chi connectivity index (χ0) is 14.4. The molecule has 106 valence electrons. The van der Waals surface area contributed by atoms with E-state index in [1.54, 1.807) is 6.92 Å². The van der Waals surface area contributed by atoms with Crippen molar-refractivity contribution in [3.05, 3.63) is 0 Å². The Morgan fingerprint density at radius 1 is 1.32 bits per heavy atom. The number of urea groups is 1. The second-order valence-corrected chi connectivity index (χ2v) is 4.33. The van der Waals surface area contributed by atoms with Crippen LogP contribution in [-0.4, -0.2) is 41.7 Å². The maximum Gasteiger partial charge on any atom is 0.330 e. The minimum absolute atomic E-state index is 0.00993. The van der Waals surface area contributed by atoms with Gasteiger partial charge in [0.25, 0.3) is 0 Å². The van der Waals surface area contributed by atoms with Crippen LogP contribution in [0.25, 0.3) is 0 Å². The molecular weight excluding hydrogens is 250 g/mol. The highest BCUT2D eigenvalue weighted by Gasteiger charge is 2.39. The zero-order valence-electron chi connectivity index (χ0n) is 11.2. The molecule has 7 heteroatoms. The predicted octanol–water partition coefficient (Wildman–Crippen LogP) is 0.00730. The predicted molar refractivity (Wildman–Crippen MR) is 67.0 cm³/mol. The van der Waals surface area contributed by atoms with Crippen LogP contribution in [-0.2, 0) is 14.4 Å². The number of nitrogens with zero attached hydrogens (tertiary/aromatic N) is 1. The van der Waals surface area contributed by atoms with Gasteiger partial charge in [-0.05, 0) is 13.3 Å². The van der Waals surface area contributed by atoms with Gasteiger partial charge in [0.2, 0.25) is 17.7 Å². The molecule has 1 fully saturated rings. The average molecular weight is 269 g/mol. The third-order valence-corrected chi connectivity index (χ3v) is 2.87. The van der Waals surface area contributed by atoms with Gasteiger partial charge in [0, 0.05) is 19.5 Å². The molecule has 0 aromatic heterocycles. The summed E-state index contributed by atoms with van der Waals surface area (Å²) >= 11 is 0. The molecule has 1 heterocycles. The summed E-state index contributed by atoms with van der Waals surface area (Å²) in [5.41, 5.74) is 0. The molecular formula is C12H19N3O4. The fraction of sp³-hybridized carbons (Fsp3) is 0.667. The second kappa shape index (κ2) is 6.86. The van der Waals surface area contributed by atoms with Crippen LogP contribution in [0, 0.1) is 5.92 Å². The molecule has 0 aromatic carbocycles. The Bertz CT molecular complexity index is 394. The molecule has 1 unspecified atom stereocenters. The molecule has 1 saturated heterocycles. The maximum absolute atomic E-state index is 12.0. The molecule has 1 aliphatic rings. The Hall–Kier alpha value is -1.92. The monoisotopic (exact) mass is 269 g/mol. The Balaban J connectivity index is 2.65. The van der Waals surface area contributed by atoms with Gasteiger partial charge in [-0.2, -0.15) is 0 Å². The van der Waals surface area contributed by atoms with Gasteiger partial charge >= 0.3 is 6.03 Å². The van der Waals surface area contributed by atoms with Crippen LogP contribution in [0.4, 0.5) is 4.79 Å². The van der Waals surface area contributed by atoms with E-state index in [1.165, 1.54) is 0 Å². The number of carbonyl (C=O) groups excluding carboxylic acids is 4. The molecule has 0 aliphatic carbocycles. The van der Waals surface area contributed by atoms with Crippen molar-refractivity contribution in [2.75, 3.05) is 13.1 Å². The molecule has 1 aliphatic heterocycles. The minimum Gasteiger partial charge on any atom is -0.356 e. The van der Waals surface area contributed by atoms with Crippen LogP contribution in [0.5, 0.6) is 0 Å². The SMILES string of the molecule is CCCC1C(=O)NC(=O)N(CCC(=O)NCC)C1=O. The summed E-state index contributed by atoms with van der Waals surface area (Å²) in [4.78, 5) is 47.4. The molecule has 1 rings (SSSR count). The summed E-state index contributed by atoms with van der Waals surface area (Å²) in [5.74, 6) is -2.12. The summed E-state index contributed by atoms with van der Waals surface area (Å²) in [6.45, 7) is 4.13. The molecule has 7 nitrogen and oxygen atoms in total. The lowest BCUT2D eigenvalue weighted by molar-refractivity contribution is -0.142. The van der Waals surface area contributed by atoms with Gasteiger partial charge in [0.05, 0.1) is 0 Å². The van der Waals surface area contributed by atoms with E-state index in [0.717, 1.165) is 4.90 Å². The van der Waals surface area contributed by atoms with Gasteiger partial charge in [-0.25, -0.2) is 4.79 Å². The maximum atomic E-state index is 12.0. The molecule has 5 amide bonds. The van der Waals surface area contributed by atoms with Crippen LogP contribution in [0.15, 0.2) is 0 Å². The first kappa shape index (κ1) is 15.1. The van der Waals surface area contributed by atoms with Gasteiger partial charge in [-0.3, -0.25) is 24.6 Å². The van der Waals surface area contributed by atoms with Gasteiger partial charge < -0.3 is 5.32 Å². The quantitative estimate of drug-likeness (QED) is 0.664. The minimum atomic E-state index is -0.822. The summed E-state index contributed by atoms with van der Waals surface area (Å²) in [5, 5.41) is 4.73. The van der Waals surface area contributed by atoms with Gasteiger partial charge in [-0.1, -0.05) is 13.3 Å². The van der Waals surface area contributed by atoms with Gasteiger partial charge in [0.15, 0.2) is 0 Å². The average Bonchev–Trinajstić information content (AvgIpc) is 2.34. The smallest absolute Gasteiger partial charge is 0.330 e. The van der Waals surface area contributed by atoms with E-state index in [2.05, 4.69) is 10.6 Å². The number of carbonyl (C=O) groups is 4. The van der Waals surface area contributed by atoms with E-state index in [9.17, 15) is 19.2 Å². The summed E-state index contributed by atoms with van der Waals surface area (Å²) in [7, 11) is 0. The zero-order valence-corrected chi connectivity index (χ0v) is 11.2. The van der Waals surface area contributed by atoms with Crippen molar-refractivity contribution in [2.24, 2.45) is 5.92 Å². The molecule has 0 aromatic rings. The van der Waals surface area contributed by atoms with E-state index in [1.807, 2.05) is 6.92 Å². The van der Waals surface area contributed by atoms with E-state index in [-0.39, 0.29) is 18.9 Å². The lowest BCUT2D eigenvalue weighted by Gasteiger charge is -2.29. The topological polar surface area (TPSA) is 95.6 Å². The van der Waals surface area contributed by atoms with Crippen molar-refractivity contribution in [1.82, 2.24) is 15.5 Å². The van der Waals surface area contributed by atoms with Crippen LogP contribution in [0.2, 0.25) is 0 Å². The Morgan fingerprint density at radius 3 is 2.58 bits per heavy atom. The molecule has 0 bridgehead atoms. The fourth-order valence-electron chi connectivity index (χ4n) is 1.91. The Morgan fingerprint density at radius 2 is 2.00 bits per heavy atom. The number of amides is 5. The number of nitrogens with one attached hydrogen (secondary N) is 2. The first-order valence-electron chi connectivity index (χ1n) is 6.44. The van der Waals surface area contributed by atoms with Crippen LogP contribution < -0.4 is 10.6 Å². The third kappa shape index (κ3) is 3.77. The molecule has 1 atom stereocenters. The van der Waals surface area contributed by atoms with Crippen LogP contribution in [0.1, 0.15) is 33.1 Å². The number of rotatable bonds is 6. The van der Waals surface area contributed by atoms with Crippen LogP contribution >= 0.6 is 0 Å². The van der Waals surface area contributed by atoms with E-state index >= 15 is 0 Å². The third-order valence-electron chi connectivity index (χ3n) is 2.87. The Labute approximate surface area is 111 Å². The molecule has 0 radical (unpaired) electrons. The standard InChI is InChI=1S/C12H19N3O4/c1-3-5-8-10(17)14-12(19)15(11(8)18)7-6-9(16)13-4-2/h8H,3-7H2,1-2H3,(H,13,16)(H,14,17,19). The highest BCUT2D eigenvalue weighted by molar-refractivity contribution is 6.16. The summed E-state index contributed by atoms with van der Waals surface area (Å²) < 4.78 is 0. The summed E-state index contributed by atoms with van der Waals surface area (Å²) in [6.07, 6.45) is 1.11. The van der Waals surface area contributed by atoms with Crippen molar-refractivity contribution in [2.45, 2.75) is 33.1 Å². The van der Waals surface area contributed by atoms with Crippen molar-refractivity contribution in [1.29, 1.82) is 0 Å². The van der Waals surface area contributed by atoms with Gasteiger partial charge in [0.1, 0.15) is 5.92 Å². The highest BCUT2D eigenvalue weighted by Crippen LogP contribution is 2.16. The molecule has 0 saturated carbocycles. The fourth-order valence-corrected chi connectivity index (χ4v) is 1.91. The number of hydrogen-bond donors (Lipinski definition) is 2. The largest absolute Gasteiger partial charge is 0.356 e.